The van der Waals surface area contributed by atoms with Gasteiger partial charge in [0, 0.05) is 55.4 Å². The highest BCUT2D eigenvalue weighted by molar-refractivity contribution is 6.39. The number of ether oxygens (including phenoxy) is 3. The van der Waals surface area contributed by atoms with E-state index in [2.05, 4.69) is 15.3 Å². The first-order chi connectivity index (χ1) is 23.5. The number of nitrogens with one attached hydrogen (secondary N) is 1. The molecular weight excluding hydrogens is 669 g/mol. The molecule has 5 aromatic rings. The lowest BCUT2D eigenvalue weighted by Gasteiger charge is -2.30. The third-order valence-corrected chi connectivity index (χ3v) is 10.0. The number of anilines is 2. The molecule has 0 radical (unpaired) electrons. The normalized spacial score (nSPS) is 18.9. The van der Waals surface area contributed by atoms with E-state index in [-0.39, 0.29) is 35.1 Å². The van der Waals surface area contributed by atoms with Crippen LogP contribution in [0.25, 0.3) is 33.4 Å². The summed E-state index contributed by atoms with van der Waals surface area (Å²) in [5.41, 5.74) is 10.8. The number of pyridine rings is 1. The molecule has 4 heterocycles. The van der Waals surface area contributed by atoms with Crippen LogP contribution in [0.3, 0.4) is 0 Å². The Labute approximate surface area is 291 Å². The Morgan fingerprint density at radius 1 is 0.980 bits per heavy atom. The first-order valence-electron chi connectivity index (χ1n) is 15.9. The van der Waals surface area contributed by atoms with Gasteiger partial charge in [0.15, 0.2) is 5.65 Å². The number of aryl methyl sites for hydroxylation is 2. The van der Waals surface area contributed by atoms with Crippen LogP contribution in [-0.2, 0) is 36.4 Å². The minimum Gasteiger partial charge on any atom is -0.481 e. The molecular formula is C35H35Cl2N7O5. The van der Waals surface area contributed by atoms with Crippen molar-refractivity contribution in [1.82, 2.24) is 24.1 Å². The molecule has 0 spiro atoms. The summed E-state index contributed by atoms with van der Waals surface area (Å²) < 4.78 is 20.1. The van der Waals surface area contributed by atoms with Crippen molar-refractivity contribution >= 4 is 45.7 Å². The summed E-state index contributed by atoms with van der Waals surface area (Å²) in [5.74, 6) is 1.14. The van der Waals surface area contributed by atoms with Crippen LogP contribution in [0.15, 0.2) is 52.1 Å². The van der Waals surface area contributed by atoms with Gasteiger partial charge in [-0.3, -0.25) is 13.9 Å². The zero-order valence-corrected chi connectivity index (χ0v) is 28.9. The molecule has 2 aliphatic rings. The van der Waals surface area contributed by atoms with Crippen LogP contribution in [0, 0.1) is 6.92 Å². The molecule has 2 aromatic carbocycles. The summed E-state index contributed by atoms with van der Waals surface area (Å²) in [5, 5.41) is 4.19. The van der Waals surface area contributed by atoms with Gasteiger partial charge in [-0.05, 0) is 37.5 Å². The number of benzene rings is 2. The fourth-order valence-corrected chi connectivity index (χ4v) is 7.22. The topological polar surface area (TPSA) is 148 Å². The highest BCUT2D eigenvalue weighted by Gasteiger charge is 2.32. The number of hydrogen-bond acceptors (Lipinski definition) is 10. The number of hydrogen-bond donors (Lipinski definition) is 2. The van der Waals surface area contributed by atoms with Gasteiger partial charge < -0.3 is 25.3 Å². The van der Waals surface area contributed by atoms with Gasteiger partial charge in [0.2, 0.25) is 5.88 Å². The first-order valence-corrected chi connectivity index (χ1v) is 16.7. The monoisotopic (exact) mass is 703 g/mol. The Hall–Kier alpha value is -4.33. The minimum absolute atomic E-state index is 0.0536. The molecule has 1 unspecified atom stereocenters. The van der Waals surface area contributed by atoms with Gasteiger partial charge in [-0.25, -0.2) is 19.7 Å². The van der Waals surface area contributed by atoms with Crippen LogP contribution in [0.2, 0.25) is 10.0 Å². The predicted molar refractivity (Wildman–Crippen MR) is 189 cm³/mol. The summed E-state index contributed by atoms with van der Waals surface area (Å²) >= 11 is 14.2. The lowest BCUT2D eigenvalue weighted by atomic mass is 9.99. The molecule has 0 saturated carbocycles. The molecule has 254 valence electrons. The highest BCUT2D eigenvalue weighted by Crippen LogP contribution is 2.43. The molecule has 12 nitrogen and oxygen atoms in total. The molecule has 3 atom stereocenters. The SMILES string of the molecule is COc1nc(-c2cccc(-c3cccc(Nc4nc(C)nc5c4c(=O)n(C)c(=O)n5C)c3Cl)c2Cl)cc2c1CC(O[C@@H]1COCC[C@H]1N)C2. The average Bonchev–Trinajstić information content (AvgIpc) is 3.50. The maximum atomic E-state index is 13.2. The third kappa shape index (κ3) is 5.97. The lowest BCUT2D eigenvalue weighted by Crippen LogP contribution is -2.46. The van der Waals surface area contributed by atoms with Crippen LogP contribution < -0.4 is 27.0 Å². The Balaban J connectivity index is 1.23. The van der Waals surface area contributed by atoms with E-state index < -0.39 is 11.2 Å². The zero-order chi connectivity index (χ0) is 34.6. The van der Waals surface area contributed by atoms with E-state index in [9.17, 15) is 9.59 Å². The van der Waals surface area contributed by atoms with Crippen molar-refractivity contribution in [2.45, 2.75) is 44.4 Å². The molecule has 3 N–H and O–H groups in total. The van der Waals surface area contributed by atoms with Gasteiger partial charge in [0.25, 0.3) is 5.56 Å². The number of nitrogens with two attached hydrogens (primary N) is 1. The number of methoxy groups -OCH3 is 1. The fourth-order valence-electron chi connectivity index (χ4n) is 6.62. The van der Waals surface area contributed by atoms with Gasteiger partial charge in [-0.15, -0.1) is 0 Å². The van der Waals surface area contributed by atoms with Crippen molar-refractivity contribution in [3.8, 4) is 28.3 Å². The molecule has 1 fully saturated rings. The summed E-state index contributed by atoms with van der Waals surface area (Å²) in [6.07, 6.45) is 1.92. The lowest BCUT2D eigenvalue weighted by molar-refractivity contribution is -0.0901. The van der Waals surface area contributed by atoms with E-state index >= 15 is 0 Å². The summed E-state index contributed by atoms with van der Waals surface area (Å²) in [4.78, 5) is 39.5. The van der Waals surface area contributed by atoms with E-state index in [4.69, 9.17) is 48.1 Å². The van der Waals surface area contributed by atoms with Crippen molar-refractivity contribution in [2.24, 2.45) is 19.8 Å². The molecule has 0 amide bonds. The van der Waals surface area contributed by atoms with E-state index in [1.54, 1.807) is 27.1 Å². The summed E-state index contributed by atoms with van der Waals surface area (Å²) in [6, 6.07) is 13.2. The van der Waals surface area contributed by atoms with Gasteiger partial charge in [0.05, 0.1) is 47.4 Å². The van der Waals surface area contributed by atoms with Crippen molar-refractivity contribution < 1.29 is 14.2 Å². The number of rotatable bonds is 7. The smallest absolute Gasteiger partial charge is 0.332 e. The van der Waals surface area contributed by atoms with Gasteiger partial charge in [-0.1, -0.05) is 53.5 Å². The summed E-state index contributed by atoms with van der Waals surface area (Å²) in [6.45, 7) is 2.83. The second kappa shape index (κ2) is 13.2. The Morgan fingerprint density at radius 3 is 2.47 bits per heavy atom. The van der Waals surface area contributed by atoms with Crippen LogP contribution >= 0.6 is 23.2 Å². The second-order valence-electron chi connectivity index (χ2n) is 12.4. The zero-order valence-electron chi connectivity index (χ0n) is 27.4. The largest absolute Gasteiger partial charge is 0.481 e. The maximum Gasteiger partial charge on any atom is 0.332 e. The maximum absolute atomic E-state index is 13.2. The van der Waals surface area contributed by atoms with Crippen LogP contribution in [-0.4, -0.2) is 62.7 Å². The summed E-state index contributed by atoms with van der Waals surface area (Å²) in [7, 11) is 4.58. The van der Waals surface area contributed by atoms with Crippen molar-refractivity contribution in [3.63, 3.8) is 0 Å². The molecule has 14 heteroatoms. The van der Waals surface area contributed by atoms with Gasteiger partial charge >= 0.3 is 5.69 Å². The highest BCUT2D eigenvalue weighted by atomic mass is 35.5. The van der Waals surface area contributed by atoms with E-state index in [0.717, 1.165) is 22.1 Å². The van der Waals surface area contributed by atoms with Crippen LogP contribution in [0.5, 0.6) is 5.88 Å². The minimum atomic E-state index is -0.523. The molecule has 3 aromatic heterocycles. The van der Waals surface area contributed by atoms with Crippen LogP contribution in [0.4, 0.5) is 11.5 Å². The Bertz CT molecular complexity index is 2240. The van der Waals surface area contributed by atoms with E-state index in [1.807, 2.05) is 36.4 Å². The third-order valence-electron chi connectivity index (χ3n) is 9.20. The standard InChI is InChI=1S/C35H35Cl2N7O5/c1-17-39-31(28-32(40-17)43(2)35(46)44(3)34(28)45)41-25-10-6-8-21(30(25)37)20-7-5-9-22(29(20)36)26-14-18-13-19(15-23(18)33(42-26)47-4)49-27-16-48-12-11-24(27)38/h5-10,14,19,24,27H,11-13,15-16,38H2,1-4H3,(H,39,40,41)/t19?,24-,27-/m1/s1. The Morgan fingerprint density at radius 2 is 1.71 bits per heavy atom. The molecule has 0 bridgehead atoms. The van der Waals surface area contributed by atoms with Crippen molar-refractivity contribution in [1.29, 1.82) is 0 Å². The Kier molecular flexibility index (Phi) is 8.92. The number of halogens is 2. The van der Waals surface area contributed by atoms with Crippen molar-refractivity contribution in [3.05, 3.63) is 90.3 Å². The number of fused-ring (bicyclic) bond motifs is 2. The quantitative estimate of drug-likeness (QED) is 0.244. The van der Waals surface area contributed by atoms with E-state index in [1.165, 1.54) is 11.6 Å². The number of nitrogens with zero attached hydrogens (tertiary/aromatic N) is 5. The fraction of sp³-hybridized carbons (Fsp3) is 0.343. The first kappa shape index (κ1) is 33.2. The van der Waals surface area contributed by atoms with Crippen LogP contribution in [0.1, 0.15) is 23.4 Å². The van der Waals surface area contributed by atoms with Gasteiger partial charge in [-0.2, -0.15) is 0 Å². The van der Waals surface area contributed by atoms with Crippen molar-refractivity contribution in [2.75, 3.05) is 25.6 Å². The van der Waals surface area contributed by atoms with Gasteiger partial charge in [0.1, 0.15) is 17.0 Å². The molecule has 1 aliphatic heterocycles. The molecule has 7 rings (SSSR count). The van der Waals surface area contributed by atoms with E-state index in [0.29, 0.717) is 75.9 Å². The average molecular weight is 705 g/mol. The molecule has 49 heavy (non-hydrogen) atoms. The predicted octanol–water partition coefficient (Wildman–Crippen LogP) is 4.72. The second-order valence-corrected chi connectivity index (χ2v) is 13.1. The molecule has 1 aliphatic carbocycles. The number of aromatic nitrogens is 5. The molecule has 1 saturated heterocycles.